The highest BCUT2D eigenvalue weighted by Crippen LogP contribution is 2.27. The molecule has 0 saturated heterocycles. The summed E-state index contributed by atoms with van der Waals surface area (Å²) in [7, 11) is 0. The fourth-order valence-electron chi connectivity index (χ4n) is 3.05. The highest BCUT2D eigenvalue weighted by Gasteiger charge is 2.13. The van der Waals surface area contributed by atoms with Gasteiger partial charge in [0, 0.05) is 18.8 Å². The Hall–Kier alpha value is -2.34. The number of benzene rings is 1. The summed E-state index contributed by atoms with van der Waals surface area (Å²) >= 11 is 1.44. The van der Waals surface area contributed by atoms with E-state index in [0.29, 0.717) is 19.0 Å². The average molecular weight is 356 g/mol. The minimum atomic E-state index is -0.0269. The molecule has 0 radical (unpaired) electrons. The summed E-state index contributed by atoms with van der Waals surface area (Å²) in [6, 6.07) is 10.0. The molecule has 5 nitrogen and oxygen atoms in total. The lowest BCUT2D eigenvalue weighted by atomic mass is 9.90. The van der Waals surface area contributed by atoms with Crippen LogP contribution in [0.25, 0.3) is 0 Å². The van der Waals surface area contributed by atoms with Crippen molar-refractivity contribution in [3.05, 3.63) is 51.7 Å². The van der Waals surface area contributed by atoms with E-state index in [4.69, 9.17) is 5.73 Å². The smallest absolute Gasteiger partial charge is 0.261 e. The molecule has 1 aromatic heterocycles. The topological polar surface area (TPSA) is 79.5 Å². The number of rotatable bonds is 6. The first-order chi connectivity index (χ1) is 12.2. The van der Waals surface area contributed by atoms with Gasteiger partial charge in [-0.1, -0.05) is 18.2 Å². The van der Waals surface area contributed by atoms with Gasteiger partial charge in [0.1, 0.15) is 0 Å². The minimum Gasteiger partial charge on any atom is -0.370 e. The molecular weight excluding hydrogens is 332 g/mol. The third-order valence-corrected chi connectivity index (χ3v) is 5.17. The number of anilines is 1. The molecule has 0 aliphatic heterocycles. The van der Waals surface area contributed by atoms with Crippen LogP contribution in [0.15, 0.2) is 40.7 Å². The first kappa shape index (κ1) is 17.5. The second-order valence-electron chi connectivity index (χ2n) is 6.13. The van der Waals surface area contributed by atoms with E-state index in [2.05, 4.69) is 33.8 Å². The molecule has 2 aromatic rings. The molecule has 1 heterocycles. The van der Waals surface area contributed by atoms with Crippen molar-refractivity contribution in [3.8, 4) is 0 Å². The number of carbonyl (C=O) groups is 1. The van der Waals surface area contributed by atoms with Crippen molar-refractivity contribution in [1.82, 2.24) is 5.32 Å². The Morgan fingerprint density at radius 1 is 1.20 bits per heavy atom. The van der Waals surface area contributed by atoms with E-state index in [1.165, 1.54) is 35.3 Å². The van der Waals surface area contributed by atoms with Gasteiger partial charge in [-0.2, -0.15) is 0 Å². The molecule has 0 fully saturated rings. The van der Waals surface area contributed by atoms with Gasteiger partial charge in [-0.05, 0) is 60.7 Å². The molecule has 132 valence electrons. The summed E-state index contributed by atoms with van der Waals surface area (Å²) in [4.78, 5) is 16.9. The molecule has 25 heavy (non-hydrogen) atoms. The Morgan fingerprint density at radius 2 is 2.08 bits per heavy atom. The van der Waals surface area contributed by atoms with Crippen LogP contribution in [0.2, 0.25) is 0 Å². The molecule has 0 saturated carbocycles. The number of nitrogens with two attached hydrogens (primary N) is 1. The normalized spacial score (nSPS) is 14.0. The number of nitrogens with zero attached hydrogens (tertiary/aromatic N) is 1. The first-order valence-corrected chi connectivity index (χ1v) is 9.61. The lowest BCUT2D eigenvalue weighted by Crippen LogP contribution is -2.26. The van der Waals surface area contributed by atoms with Crippen molar-refractivity contribution >= 4 is 28.9 Å². The number of fused-ring (bicyclic) bond motifs is 1. The second-order valence-corrected chi connectivity index (χ2v) is 7.08. The maximum Gasteiger partial charge on any atom is 0.261 e. The van der Waals surface area contributed by atoms with Crippen molar-refractivity contribution in [3.63, 3.8) is 0 Å². The number of nitrogens with one attached hydrogen (secondary N) is 2. The van der Waals surface area contributed by atoms with Gasteiger partial charge in [-0.25, -0.2) is 0 Å². The largest absolute Gasteiger partial charge is 0.370 e. The Balaban J connectivity index is 1.44. The van der Waals surface area contributed by atoms with Crippen LogP contribution in [-0.4, -0.2) is 25.0 Å². The quantitative estimate of drug-likeness (QED) is 0.422. The standard InChI is InChI=1S/C19H24N4OS/c20-19(22-12-5-11-21-18(24)17-10-4-13-25-17)23-16-9-3-7-14-6-1-2-8-15(14)16/h3-4,7,9-10,13H,1-2,5-6,8,11-12H2,(H,21,24)(H3,20,22,23). The molecule has 1 aromatic carbocycles. The number of thiophene rings is 1. The molecule has 4 N–H and O–H groups in total. The number of guanidine groups is 1. The molecule has 0 unspecified atom stereocenters. The van der Waals surface area contributed by atoms with Crippen molar-refractivity contribution < 1.29 is 4.79 Å². The van der Waals surface area contributed by atoms with Crippen LogP contribution in [0, 0.1) is 0 Å². The summed E-state index contributed by atoms with van der Waals surface area (Å²) in [5.74, 6) is 0.407. The van der Waals surface area contributed by atoms with Crippen LogP contribution in [0.5, 0.6) is 0 Å². The first-order valence-electron chi connectivity index (χ1n) is 8.73. The Bertz CT molecular complexity index is 740. The summed E-state index contributed by atoms with van der Waals surface area (Å²) in [6.07, 6.45) is 5.49. The highest BCUT2D eigenvalue weighted by atomic mass is 32.1. The Morgan fingerprint density at radius 3 is 2.92 bits per heavy atom. The molecule has 3 rings (SSSR count). The van der Waals surface area contributed by atoms with Gasteiger partial charge in [0.15, 0.2) is 5.96 Å². The zero-order chi connectivity index (χ0) is 17.5. The second kappa shape index (κ2) is 8.67. The maximum atomic E-state index is 11.8. The summed E-state index contributed by atoms with van der Waals surface area (Å²) < 4.78 is 0. The number of aryl methyl sites for hydroxylation is 1. The maximum absolute atomic E-state index is 11.8. The fourth-order valence-corrected chi connectivity index (χ4v) is 3.69. The predicted octanol–water partition coefficient (Wildman–Crippen LogP) is 3.17. The van der Waals surface area contributed by atoms with Gasteiger partial charge < -0.3 is 16.4 Å². The third kappa shape index (κ3) is 4.82. The molecule has 1 aliphatic rings. The van der Waals surface area contributed by atoms with E-state index in [9.17, 15) is 4.79 Å². The zero-order valence-corrected chi connectivity index (χ0v) is 15.1. The SMILES string of the molecule is NC(=NCCCNC(=O)c1cccs1)Nc1cccc2c1CCCC2. The van der Waals surface area contributed by atoms with Crippen molar-refractivity contribution in [2.45, 2.75) is 32.1 Å². The molecule has 1 amide bonds. The third-order valence-electron chi connectivity index (χ3n) is 4.31. The van der Waals surface area contributed by atoms with Crippen LogP contribution < -0.4 is 16.4 Å². The van der Waals surface area contributed by atoms with E-state index >= 15 is 0 Å². The minimum absolute atomic E-state index is 0.0269. The molecule has 0 spiro atoms. The molecular formula is C19H24N4OS. The monoisotopic (exact) mass is 356 g/mol. The van der Waals surface area contributed by atoms with Gasteiger partial charge in [-0.3, -0.25) is 9.79 Å². The molecule has 0 atom stereocenters. The summed E-state index contributed by atoms with van der Waals surface area (Å²) in [5, 5.41) is 8.02. The van der Waals surface area contributed by atoms with E-state index < -0.39 is 0 Å². The fraction of sp³-hybridized carbons (Fsp3) is 0.368. The average Bonchev–Trinajstić information content (AvgIpc) is 3.16. The highest BCUT2D eigenvalue weighted by molar-refractivity contribution is 7.12. The Labute approximate surface area is 152 Å². The summed E-state index contributed by atoms with van der Waals surface area (Å²) in [5.41, 5.74) is 9.87. The van der Waals surface area contributed by atoms with Crippen molar-refractivity contribution in [2.75, 3.05) is 18.4 Å². The van der Waals surface area contributed by atoms with Gasteiger partial charge in [0.2, 0.25) is 0 Å². The summed E-state index contributed by atoms with van der Waals surface area (Å²) in [6.45, 7) is 1.17. The van der Waals surface area contributed by atoms with Gasteiger partial charge in [-0.15, -0.1) is 11.3 Å². The predicted molar refractivity (Wildman–Crippen MR) is 104 cm³/mol. The zero-order valence-electron chi connectivity index (χ0n) is 14.3. The van der Waals surface area contributed by atoms with E-state index in [1.54, 1.807) is 0 Å². The van der Waals surface area contributed by atoms with E-state index in [1.807, 2.05) is 17.5 Å². The van der Waals surface area contributed by atoms with E-state index in [-0.39, 0.29) is 5.91 Å². The number of aliphatic imine (C=N–C) groups is 1. The molecule has 1 aliphatic carbocycles. The van der Waals surface area contributed by atoms with Crippen LogP contribution in [-0.2, 0) is 12.8 Å². The molecule has 0 bridgehead atoms. The van der Waals surface area contributed by atoms with Gasteiger partial charge >= 0.3 is 0 Å². The van der Waals surface area contributed by atoms with Crippen LogP contribution in [0.4, 0.5) is 5.69 Å². The lowest BCUT2D eigenvalue weighted by molar-refractivity contribution is 0.0957. The number of hydrogen-bond acceptors (Lipinski definition) is 3. The van der Waals surface area contributed by atoms with Crippen molar-refractivity contribution in [2.24, 2.45) is 10.7 Å². The van der Waals surface area contributed by atoms with Crippen LogP contribution >= 0.6 is 11.3 Å². The Kier molecular flexibility index (Phi) is 6.06. The number of carbonyl (C=O) groups excluding carboxylic acids is 1. The van der Waals surface area contributed by atoms with Gasteiger partial charge in [0.25, 0.3) is 5.91 Å². The van der Waals surface area contributed by atoms with Crippen LogP contribution in [0.3, 0.4) is 0 Å². The number of hydrogen-bond donors (Lipinski definition) is 3. The van der Waals surface area contributed by atoms with Crippen LogP contribution in [0.1, 0.15) is 40.1 Å². The van der Waals surface area contributed by atoms with E-state index in [0.717, 1.165) is 29.8 Å². The molecule has 6 heteroatoms. The van der Waals surface area contributed by atoms with Gasteiger partial charge in [0.05, 0.1) is 4.88 Å². The van der Waals surface area contributed by atoms with Crippen molar-refractivity contribution in [1.29, 1.82) is 0 Å². The lowest BCUT2D eigenvalue weighted by Gasteiger charge is -2.19. The number of amides is 1.